The number of amides is 1. The molecule has 82 valence electrons. The van der Waals surface area contributed by atoms with Crippen LogP contribution in [0.4, 0.5) is 5.69 Å². The van der Waals surface area contributed by atoms with E-state index >= 15 is 0 Å². The molecule has 1 aliphatic rings. The molecule has 0 radical (unpaired) electrons. The minimum Gasteiger partial charge on any atom is -0.318 e. The third-order valence-electron chi connectivity index (χ3n) is 2.37. The van der Waals surface area contributed by atoms with Crippen molar-refractivity contribution in [1.29, 1.82) is 0 Å². The minimum atomic E-state index is -0.551. The first-order valence-electron chi connectivity index (χ1n) is 5.00. The van der Waals surface area contributed by atoms with Gasteiger partial charge >= 0.3 is 0 Å². The van der Waals surface area contributed by atoms with Gasteiger partial charge in [0.05, 0.1) is 11.3 Å². The summed E-state index contributed by atoms with van der Waals surface area (Å²) in [5.41, 5.74) is 1.86. The molecule has 4 heteroatoms. The molecule has 1 aromatic rings. The summed E-state index contributed by atoms with van der Waals surface area (Å²) in [6.07, 6.45) is 4.63. The molecule has 1 heterocycles. The Hall–Kier alpha value is -1.55. The Morgan fingerprint density at radius 1 is 1.31 bits per heavy atom. The smallest absolute Gasteiger partial charge is 0.296 e. The summed E-state index contributed by atoms with van der Waals surface area (Å²) in [6.45, 7) is 0. The third kappa shape index (κ3) is 1.88. The standard InChI is InChI=1S/C12H11NO2S/c14-11-10-8(4-1-2-7-16)5-3-6-9(10)13-12(11)15/h1,3-6,16H,2,7H2,(H,13,14,15). The maximum Gasteiger partial charge on any atom is 0.296 e. The predicted molar refractivity (Wildman–Crippen MR) is 66.9 cm³/mol. The van der Waals surface area contributed by atoms with Gasteiger partial charge in [-0.3, -0.25) is 9.59 Å². The molecule has 0 bridgehead atoms. The highest BCUT2D eigenvalue weighted by Crippen LogP contribution is 2.27. The van der Waals surface area contributed by atoms with Crippen molar-refractivity contribution < 1.29 is 9.59 Å². The number of anilines is 1. The van der Waals surface area contributed by atoms with Crippen molar-refractivity contribution in [2.24, 2.45) is 0 Å². The monoisotopic (exact) mass is 233 g/mol. The highest BCUT2D eigenvalue weighted by atomic mass is 32.1. The van der Waals surface area contributed by atoms with Crippen LogP contribution >= 0.6 is 12.6 Å². The largest absolute Gasteiger partial charge is 0.318 e. The molecule has 0 spiro atoms. The van der Waals surface area contributed by atoms with Crippen LogP contribution < -0.4 is 5.32 Å². The zero-order chi connectivity index (χ0) is 11.5. The molecule has 1 aliphatic heterocycles. The summed E-state index contributed by atoms with van der Waals surface area (Å²) in [7, 11) is 0. The fourth-order valence-electron chi connectivity index (χ4n) is 1.64. The Morgan fingerprint density at radius 2 is 2.12 bits per heavy atom. The fourth-order valence-corrected chi connectivity index (χ4v) is 1.79. The normalized spacial score (nSPS) is 14.3. The molecule has 3 nitrogen and oxygen atoms in total. The lowest BCUT2D eigenvalue weighted by molar-refractivity contribution is -0.112. The molecular weight excluding hydrogens is 222 g/mol. The Bertz CT molecular complexity index is 480. The minimum absolute atomic E-state index is 0.457. The Morgan fingerprint density at radius 3 is 2.88 bits per heavy atom. The Kier molecular flexibility index (Phi) is 3.10. The number of fused-ring (bicyclic) bond motifs is 1. The van der Waals surface area contributed by atoms with Crippen LogP contribution in [0.1, 0.15) is 22.3 Å². The first-order valence-corrected chi connectivity index (χ1v) is 5.63. The summed E-state index contributed by atoms with van der Waals surface area (Å²) in [4.78, 5) is 22.8. The van der Waals surface area contributed by atoms with Gasteiger partial charge in [0.15, 0.2) is 0 Å². The topological polar surface area (TPSA) is 46.2 Å². The number of ketones is 1. The van der Waals surface area contributed by atoms with Crippen molar-refractivity contribution in [2.75, 3.05) is 11.1 Å². The van der Waals surface area contributed by atoms with Crippen LogP contribution in [-0.2, 0) is 4.79 Å². The van der Waals surface area contributed by atoms with Crippen LogP contribution in [-0.4, -0.2) is 17.4 Å². The number of carbonyl (C=O) groups excluding carboxylic acids is 2. The number of Topliss-reactive ketones (excluding diaryl/α,β-unsaturated/α-hetero) is 1. The van der Waals surface area contributed by atoms with Gasteiger partial charge < -0.3 is 5.32 Å². The maximum absolute atomic E-state index is 11.6. The number of allylic oxidation sites excluding steroid dienone is 1. The number of hydrogen-bond donors (Lipinski definition) is 2. The lowest BCUT2D eigenvalue weighted by Gasteiger charge is -2.00. The highest BCUT2D eigenvalue weighted by molar-refractivity contribution is 7.80. The zero-order valence-electron chi connectivity index (χ0n) is 8.56. The van der Waals surface area contributed by atoms with Gasteiger partial charge in [-0.05, 0) is 23.8 Å². The average Bonchev–Trinajstić information content (AvgIpc) is 2.56. The van der Waals surface area contributed by atoms with Crippen molar-refractivity contribution in [3.63, 3.8) is 0 Å². The maximum atomic E-state index is 11.6. The molecule has 0 saturated carbocycles. The highest BCUT2D eigenvalue weighted by Gasteiger charge is 2.29. The van der Waals surface area contributed by atoms with E-state index in [9.17, 15) is 9.59 Å². The Labute approximate surface area is 99.0 Å². The van der Waals surface area contributed by atoms with E-state index in [-0.39, 0.29) is 0 Å². The van der Waals surface area contributed by atoms with Gasteiger partial charge in [-0.25, -0.2) is 0 Å². The molecule has 1 aromatic carbocycles. The van der Waals surface area contributed by atoms with Crippen LogP contribution in [0, 0.1) is 0 Å². The van der Waals surface area contributed by atoms with E-state index in [1.807, 2.05) is 24.3 Å². The first kappa shape index (κ1) is 11.0. The van der Waals surface area contributed by atoms with Crippen LogP contribution in [0.25, 0.3) is 6.08 Å². The van der Waals surface area contributed by atoms with Crippen molar-refractivity contribution in [2.45, 2.75) is 6.42 Å². The molecule has 0 fully saturated rings. The Balaban J connectivity index is 2.39. The van der Waals surface area contributed by atoms with Crippen molar-refractivity contribution in [3.05, 3.63) is 35.4 Å². The van der Waals surface area contributed by atoms with E-state index in [1.165, 1.54) is 0 Å². The number of hydrogen-bond acceptors (Lipinski definition) is 3. The molecule has 1 N–H and O–H groups in total. The molecule has 0 aromatic heterocycles. The summed E-state index contributed by atoms with van der Waals surface area (Å²) >= 11 is 4.10. The summed E-state index contributed by atoms with van der Waals surface area (Å²) in [5.74, 6) is -0.248. The molecule has 1 amide bonds. The second-order valence-corrected chi connectivity index (χ2v) is 3.91. The van der Waals surface area contributed by atoms with Gasteiger partial charge in [0, 0.05) is 0 Å². The van der Waals surface area contributed by atoms with Crippen LogP contribution in [0.5, 0.6) is 0 Å². The molecule has 2 rings (SSSR count). The zero-order valence-corrected chi connectivity index (χ0v) is 9.46. The van der Waals surface area contributed by atoms with Crippen molar-refractivity contribution >= 4 is 36.1 Å². The number of thiol groups is 1. The van der Waals surface area contributed by atoms with E-state index in [2.05, 4.69) is 17.9 Å². The quantitative estimate of drug-likeness (QED) is 0.620. The molecule has 0 atom stereocenters. The van der Waals surface area contributed by atoms with E-state index in [0.29, 0.717) is 11.3 Å². The second-order valence-electron chi connectivity index (χ2n) is 3.47. The number of rotatable bonds is 3. The van der Waals surface area contributed by atoms with Gasteiger partial charge in [-0.1, -0.05) is 24.3 Å². The van der Waals surface area contributed by atoms with Crippen LogP contribution in [0.15, 0.2) is 24.3 Å². The first-order chi connectivity index (χ1) is 7.74. The van der Waals surface area contributed by atoms with Crippen molar-refractivity contribution in [3.8, 4) is 0 Å². The third-order valence-corrected chi connectivity index (χ3v) is 2.63. The molecule has 0 unspecified atom stereocenters. The van der Waals surface area contributed by atoms with E-state index in [0.717, 1.165) is 17.7 Å². The van der Waals surface area contributed by atoms with E-state index in [4.69, 9.17) is 0 Å². The van der Waals surface area contributed by atoms with Crippen LogP contribution in [0.3, 0.4) is 0 Å². The SMILES string of the molecule is O=C1Nc2cccc(C=CCCS)c2C1=O. The van der Waals surface area contributed by atoms with Gasteiger partial charge in [0.1, 0.15) is 0 Å². The van der Waals surface area contributed by atoms with Gasteiger partial charge in [0.25, 0.3) is 11.7 Å². The summed E-state index contributed by atoms with van der Waals surface area (Å²) in [6, 6.07) is 5.37. The molecule has 0 aliphatic carbocycles. The van der Waals surface area contributed by atoms with Crippen molar-refractivity contribution in [1.82, 2.24) is 0 Å². The van der Waals surface area contributed by atoms with E-state index < -0.39 is 11.7 Å². The van der Waals surface area contributed by atoms with E-state index in [1.54, 1.807) is 6.07 Å². The number of carbonyl (C=O) groups is 2. The van der Waals surface area contributed by atoms with Gasteiger partial charge in [0.2, 0.25) is 0 Å². The van der Waals surface area contributed by atoms with Gasteiger partial charge in [-0.15, -0.1) is 0 Å². The average molecular weight is 233 g/mol. The summed E-state index contributed by atoms with van der Waals surface area (Å²) in [5, 5.41) is 2.54. The molecule has 0 saturated heterocycles. The number of benzene rings is 1. The molecule has 16 heavy (non-hydrogen) atoms. The lowest BCUT2D eigenvalue weighted by atomic mass is 10.0. The lowest BCUT2D eigenvalue weighted by Crippen LogP contribution is -2.12. The second kappa shape index (κ2) is 4.53. The molecular formula is C12H11NO2S. The number of nitrogens with one attached hydrogen (secondary N) is 1. The summed E-state index contributed by atoms with van der Waals surface area (Å²) < 4.78 is 0. The predicted octanol–water partition coefficient (Wildman–Crippen LogP) is 2.15. The fraction of sp³-hybridized carbons (Fsp3) is 0.167. The van der Waals surface area contributed by atoms with Crippen LogP contribution in [0.2, 0.25) is 0 Å². The van der Waals surface area contributed by atoms with Gasteiger partial charge in [-0.2, -0.15) is 12.6 Å².